The van der Waals surface area contributed by atoms with Crippen LogP contribution in [0.1, 0.15) is 10.4 Å². The number of carbonyl (C=O) groups excluding carboxylic acids is 2. The summed E-state index contributed by atoms with van der Waals surface area (Å²) in [6.45, 7) is 0.106. The molecular formula is C9H8BrCl2NO3S. The summed E-state index contributed by atoms with van der Waals surface area (Å²) in [4.78, 5) is 22.1. The van der Waals surface area contributed by atoms with Crippen molar-refractivity contribution in [3.8, 4) is 0 Å². The minimum absolute atomic E-state index is 0.106. The Kier molecular flexibility index (Phi) is 5.72. The van der Waals surface area contributed by atoms with Gasteiger partial charge in [-0.3, -0.25) is 9.59 Å². The predicted molar refractivity (Wildman–Crippen MR) is 71.4 cm³/mol. The molecule has 0 aromatic carbocycles. The number of halogens is 3. The highest BCUT2D eigenvalue weighted by atomic mass is 79.9. The van der Waals surface area contributed by atoms with Gasteiger partial charge in [-0.2, -0.15) is 0 Å². The van der Waals surface area contributed by atoms with E-state index in [1.165, 1.54) is 13.2 Å². The number of hydrogen-bond acceptors (Lipinski definition) is 4. The van der Waals surface area contributed by atoms with Gasteiger partial charge >= 0.3 is 5.97 Å². The summed E-state index contributed by atoms with van der Waals surface area (Å²) in [6, 6.07) is 1.48. The Morgan fingerprint density at radius 3 is 2.71 bits per heavy atom. The van der Waals surface area contributed by atoms with Crippen LogP contribution in [0.5, 0.6) is 0 Å². The minimum Gasteiger partial charge on any atom is -0.468 e. The fraction of sp³-hybridized carbons (Fsp3) is 0.333. The van der Waals surface area contributed by atoms with Gasteiger partial charge in [0.1, 0.15) is 9.16 Å². The molecule has 1 atom stereocenters. The second-order valence-electron chi connectivity index (χ2n) is 2.94. The van der Waals surface area contributed by atoms with E-state index in [0.717, 1.165) is 11.3 Å². The molecule has 1 aromatic heterocycles. The van der Waals surface area contributed by atoms with Gasteiger partial charge in [0.15, 0.2) is 0 Å². The molecular weight excluding hydrogens is 353 g/mol. The molecule has 0 aliphatic heterocycles. The largest absolute Gasteiger partial charge is 0.468 e. The average Bonchev–Trinajstić information content (AvgIpc) is 2.63. The minimum atomic E-state index is -0.593. The maximum Gasteiger partial charge on any atom is 0.321 e. The summed E-state index contributed by atoms with van der Waals surface area (Å²) < 4.78 is 5.25. The molecule has 1 heterocycles. The first-order valence-corrected chi connectivity index (χ1v) is 6.89. The Hall–Kier alpha value is -0.300. The van der Waals surface area contributed by atoms with Crippen molar-refractivity contribution in [2.75, 3.05) is 13.7 Å². The molecule has 8 heteroatoms. The first kappa shape index (κ1) is 14.8. The maximum absolute atomic E-state index is 11.7. The molecule has 0 aliphatic carbocycles. The molecule has 0 radical (unpaired) electrons. The van der Waals surface area contributed by atoms with E-state index in [1.54, 1.807) is 0 Å². The van der Waals surface area contributed by atoms with E-state index in [0.29, 0.717) is 14.2 Å². The van der Waals surface area contributed by atoms with Gasteiger partial charge in [-0.25, -0.2) is 0 Å². The van der Waals surface area contributed by atoms with E-state index in [-0.39, 0.29) is 12.5 Å². The highest BCUT2D eigenvalue weighted by Crippen LogP contribution is 2.30. The lowest BCUT2D eigenvalue weighted by Gasteiger charge is -2.08. The number of rotatable bonds is 4. The van der Waals surface area contributed by atoms with Gasteiger partial charge in [0.25, 0.3) is 5.91 Å². The van der Waals surface area contributed by atoms with E-state index in [1.807, 2.05) is 0 Å². The van der Waals surface area contributed by atoms with Crippen LogP contribution in [0.3, 0.4) is 0 Å². The zero-order chi connectivity index (χ0) is 13.0. The molecule has 1 N–H and O–H groups in total. The van der Waals surface area contributed by atoms with Crippen molar-refractivity contribution < 1.29 is 14.3 Å². The Morgan fingerprint density at radius 1 is 1.59 bits per heavy atom. The summed E-state index contributed by atoms with van der Waals surface area (Å²) in [6.07, 6.45) is 0. The van der Waals surface area contributed by atoms with Crippen LogP contribution in [0.2, 0.25) is 8.67 Å². The van der Waals surface area contributed by atoms with Crippen LogP contribution in [0.15, 0.2) is 6.07 Å². The van der Waals surface area contributed by atoms with Crippen molar-refractivity contribution in [2.24, 2.45) is 0 Å². The van der Waals surface area contributed by atoms with Crippen LogP contribution < -0.4 is 5.32 Å². The molecule has 17 heavy (non-hydrogen) atoms. The number of carbonyl (C=O) groups is 2. The van der Waals surface area contributed by atoms with Crippen LogP contribution in [0.25, 0.3) is 0 Å². The number of esters is 1. The Labute approximate surface area is 120 Å². The van der Waals surface area contributed by atoms with Crippen molar-refractivity contribution >= 4 is 62.3 Å². The molecule has 0 fully saturated rings. The van der Waals surface area contributed by atoms with Crippen LogP contribution in [-0.2, 0) is 9.53 Å². The number of amides is 1. The third-order valence-corrected chi connectivity index (χ3v) is 3.99. The molecule has 94 valence electrons. The monoisotopic (exact) mass is 359 g/mol. The van der Waals surface area contributed by atoms with Crippen molar-refractivity contribution in [1.29, 1.82) is 0 Å². The fourth-order valence-corrected chi connectivity index (χ4v) is 2.79. The van der Waals surface area contributed by atoms with Crippen molar-refractivity contribution in [3.05, 3.63) is 20.3 Å². The normalized spacial score (nSPS) is 12.0. The van der Waals surface area contributed by atoms with E-state index >= 15 is 0 Å². The number of hydrogen-bond donors (Lipinski definition) is 1. The molecule has 0 spiro atoms. The second kappa shape index (κ2) is 6.58. The fourth-order valence-electron chi connectivity index (χ4n) is 0.984. The summed E-state index contributed by atoms with van der Waals surface area (Å²) >= 11 is 15.7. The SMILES string of the molecule is COC(=O)C(Br)CNC(=O)c1cc(Cl)sc1Cl. The molecule has 0 bridgehead atoms. The zero-order valence-electron chi connectivity index (χ0n) is 8.63. The first-order valence-electron chi connectivity index (χ1n) is 4.40. The molecule has 1 amide bonds. The Bertz CT molecular complexity index is 438. The second-order valence-corrected chi connectivity index (χ2v) is 6.33. The molecule has 4 nitrogen and oxygen atoms in total. The number of nitrogens with one attached hydrogen (secondary N) is 1. The molecule has 1 unspecified atom stereocenters. The van der Waals surface area contributed by atoms with Crippen LogP contribution in [-0.4, -0.2) is 30.4 Å². The number of ether oxygens (including phenoxy) is 1. The van der Waals surface area contributed by atoms with E-state index in [4.69, 9.17) is 23.2 Å². The summed E-state index contributed by atoms with van der Waals surface area (Å²) in [7, 11) is 1.27. The standard InChI is InChI=1S/C9H8BrCl2NO3S/c1-16-9(15)5(10)3-13-8(14)4-2-6(11)17-7(4)12/h2,5H,3H2,1H3,(H,13,14). The lowest BCUT2D eigenvalue weighted by atomic mass is 10.3. The number of methoxy groups -OCH3 is 1. The molecule has 0 saturated carbocycles. The summed E-state index contributed by atoms with van der Waals surface area (Å²) in [5, 5.41) is 2.55. The van der Waals surface area contributed by atoms with Crippen LogP contribution >= 0.6 is 50.5 Å². The van der Waals surface area contributed by atoms with Crippen molar-refractivity contribution in [3.63, 3.8) is 0 Å². The molecule has 0 saturated heterocycles. The predicted octanol–water partition coefficient (Wildman–Crippen LogP) is 2.72. The lowest BCUT2D eigenvalue weighted by molar-refractivity contribution is -0.139. The van der Waals surface area contributed by atoms with E-state index < -0.39 is 10.8 Å². The smallest absolute Gasteiger partial charge is 0.321 e. The number of thiophene rings is 1. The van der Waals surface area contributed by atoms with Gasteiger partial charge in [0.2, 0.25) is 0 Å². The van der Waals surface area contributed by atoms with E-state index in [9.17, 15) is 9.59 Å². The highest BCUT2D eigenvalue weighted by molar-refractivity contribution is 9.10. The van der Waals surface area contributed by atoms with Crippen LogP contribution in [0, 0.1) is 0 Å². The topological polar surface area (TPSA) is 55.4 Å². The zero-order valence-corrected chi connectivity index (χ0v) is 12.5. The Morgan fingerprint density at radius 2 is 2.24 bits per heavy atom. The van der Waals surface area contributed by atoms with Crippen molar-refractivity contribution in [2.45, 2.75) is 4.83 Å². The third-order valence-electron chi connectivity index (χ3n) is 1.80. The van der Waals surface area contributed by atoms with Gasteiger partial charge in [-0.15, -0.1) is 11.3 Å². The van der Waals surface area contributed by atoms with E-state index in [2.05, 4.69) is 26.0 Å². The van der Waals surface area contributed by atoms with Crippen LogP contribution in [0.4, 0.5) is 0 Å². The summed E-state index contributed by atoms with van der Waals surface area (Å²) in [5.41, 5.74) is 0.297. The lowest BCUT2D eigenvalue weighted by Crippen LogP contribution is -2.33. The summed E-state index contributed by atoms with van der Waals surface area (Å²) in [5.74, 6) is -0.841. The first-order chi connectivity index (χ1) is 7.95. The molecule has 1 aromatic rings. The average molecular weight is 361 g/mol. The highest BCUT2D eigenvalue weighted by Gasteiger charge is 2.18. The molecule has 1 rings (SSSR count). The van der Waals surface area contributed by atoms with Gasteiger partial charge in [0.05, 0.1) is 17.0 Å². The maximum atomic E-state index is 11.7. The third kappa shape index (κ3) is 4.13. The van der Waals surface area contributed by atoms with Gasteiger partial charge in [-0.1, -0.05) is 39.1 Å². The Balaban J connectivity index is 2.56. The van der Waals surface area contributed by atoms with Gasteiger partial charge in [0, 0.05) is 6.54 Å². The molecule has 0 aliphatic rings. The number of alkyl halides is 1. The van der Waals surface area contributed by atoms with Gasteiger partial charge < -0.3 is 10.1 Å². The quantitative estimate of drug-likeness (QED) is 0.663. The van der Waals surface area contributed by atoms with Gasteiger partial charge in [-0.05, 0) is 6.07 Å². The van der Waals surface area contributed by atoms with Crippen molar-refractivity contribution in [1.82, 2.24) is 5.32 Å².